The zero-order valence-corrected chi connectivity index (χ0v) is 14.7. The summed E-state index contributed by atoms with van der Waals surface area (Å²) >= 11 is 3.26. The van der Waals surface area contributed by atoms with Gasteiger partial charge in [0.1, 0.15) is 25.2 Å². The van der Waals surface area contributed by atoms with Crippen LogP contribution in [0.25, 0.3) is 0 Å². The summed E-state index contributed by atoms with van der Waals surface area (Å²) in [5.74, 6) is 0.725. The maximum absolute atomic E-state index is 12.4. The number of hydrogen-bond acceptors (Lipinski definition) is 4. The normalized spacial score (nSPS) is 10.6. The number of ketones is 1. The van der Waals surface area contributed by atoms with Crippen LogP contribution in [0.15, 0.2) is 59.6 Å². The first-order valence-corrected chi connectivity index (χ1v) is 8.26. The van der Waals surface area contributed by atoms with Crippen molar-refractivity contribution in [2.24, 2.45) is 0 Å². The van der Waals surface area contributed by atoms with Crippen LogP contribution in [0.5, 0.6) is 5.75 Å². The quantitative estimate of drug-likeness (QED) is 0.605. The maximum Gasteiger partial charge on any atom is 0.195 e. The maximum atomic E-state index is 12.4. The van der Waals surface area contributed by atoms with Crippen LogP contribution in [0.3, 0.4) is 0 Å². The molecule has 24 heavy (non-hydrogen) atoms. The van der Waals surface area contributed by atoms with E-state index < -0.39 is 0 Å². The third-order valence-electron chi connectivity index (χ3n) is 3.61. The number of nitrogens with zero attached hydrogens (tertiary/aromatic N) is 3. The van der Waals surface area contributed by atoms with Gasteiger partial charge in [0.05, 0.1) is 0 Å². The van der Waals surface area contributed by atoms with Crippen molar-refractivity contribution in [1.82, 2.24) is 14.8 Å². The van der Waals surface area contributed by atoms with Crippen molar-refractivity contribution in [2.75, 3.05) is 0 Å². The first-order chi connectivity index (χ1) is 11.6. The molecule has 0 aliphatic rings. The monoisotopic (exact) mass is 385 g/mol. The van der Waals surface area contributed by atoms with Crippen LogP contribution >= 0.6 is 15.9 Å². The highest BCUT2D eigenvalue weighted by Gasteiger charge is 2.13. The Morgan fingerprint density at radius 1 is 1.21 bits per heavy atom. The lowest BCUT2D eigenvalue weighted by atomic mass is 10.0. The number of ether oxygens (including phenoxy) is 1. The van der Waals surface area contributed by atoms with Crippen molar-refractivity contribution in [3.8, 4) is 5.75 Å². The molecule has 0 fully saturated rings. The summed E-state index contributed by atoms with van der Waals surface area (Å²) in [6.45, 7) is 2.55. The lowest BCUT2D eigenvalue weighted by Crippen LogP contribution is -2.13. The second-order valence-corrected chi connectivity index (χ2v) is 6.07. The molecule has 122 valence electrons. The highest BCUT2D eigenvalue weighted by Crippen LogP contribution is 2.20. The van der Waals surface area contributed by atoms with E-state index >= 15 is 0 Å². The van der Waals surface area contributed by atoms with Gasteiger partial charge in [-0.3, -0.25) is 4.79 Å². The minimum atomic E-state index is -0.0201. The number of carbonyl (C=O) groups excluding carboxylic acids is 1. The summed E-state index contributed by atoms with van der Waals surface area (Å²) in [5.41, 5.74) is 2.64. The van der Waals surface area contributed by atoms with Gasteiger partial charge >= 0.3 is 0 Å². The van der Waals surface area contributed by atoms with E-state index in [1.165, 1.54) is 11.0 Å². The zero-order chi connectivity index (χ0) is 16.9. The SMILES string of the molecule is Cc1cc(OCc2ccccc2)ccc1C(=O)Cn1ncnc1Br. The number of hydrogen-bond donors (Lipinski definition) is 0. The van der Waals surface area contributed by atoms with Gasteiger partial charge in [0.25, 0.3) is 0 Å². The molecule has 2 aromatic carbocycles. The number of Topliss-reactive ketones (excluding diaryl/α,β-unsaturated/α-hetero) is 1. The molecule has 6 heteroatoms. The smallest absolute Gasteiger partial charge is 0.195 e. The first kappa shape index (κ1) is 16.4. The van der Waals surface area contributed by atoms with Crippen LogP contribution in [-0.2, 0) is 13.2 Å². The molecule has 1 aromatic heterocycles. The van der Waals surface area contributed by atoms with Crippen LogP contribution < -0.4 is 4.74 Å². The van der Waals surface area contributed by atoms with Crippen molar-refractivity contribution in [1.29, 1.82) is 0 Å². The van der Waals surface area contributed by atoms with Crippen molar-refractivity contribution < 1.29 is 9.53 Å². The van der Waals surface area contributed by atoms with Gasteiger partial charge in [-0.15, -0.1) is 0 Å². The number of carbonyl (C=O) groups is 1. The molecule has 0 amide bonds. The van der Waals surface area contributed by atoms with Crippen LogP contribution in [0.4, 0.5) is 0 Å². The number of benzene rings is 2. The van der Waals surface area contributed by atoms with E-state index in [9.17, 15) is 4.79 Å². The number of aryl methyl sites for hydroxylation is 1. The number of halogens is 1. The van der Waals surface area contributed by atoms with Gasteiger partial charge in [-0.2, -0.15) is 5.10 Å². The Kier molecular flexibility index (Phi) is 5.05. The topological polar surface area (TPSA) is 57.0 Å². The summed E-state index contributed by atoms with van der Waals surface area (Å²) < 4.78 is 7.84. The molecular formula is C18H16BrN3O2. The summed E-state index contributed by atoms with van der Waals surface area (Å²) in [6, 6.07) is 15.5. The molecule has 0 aliphatic heterocycles. The first-order valence-electron chi connectivity index (χ1n) is 7.47. The van der Waals surface area contributed by atoms with E-state index in [0.717, 1.165) is 16.9 Å². The highest BCUT2D eigenvalue weighted by atomic mass is 79.9. The van der Waals surface area contributed by atoms with E-state index in [2.05, 4.69) is 26.0 Å². The minimum absolute atomic E-state index is 0.0201. The second-order valence-electron chi connectivity index (χ2n) is 5.36. The third-order valence-corrected chi connectivity index (χ3v) is 4.22. The minimum Gasteiger partial charge on any atom is -0.489 e. The fourth-order valence-corrected chi connectivity index (χ4v) is 2.67. The fraction of sp³-hybridized carbons (Fsp3) is 0.167. The standard InChI is InChI=1S/C18H16BrN3O2/c1-13-9-15(24-11-14-5-3-2-4-6-14)7-8-16(13)17(23)10-22-18(19)20-12-21-22/h2-9,12H,10-11H2,1H3. The van der Waals surface area contributed by atoms with Crippen molar-refractivity contribution in [3.63, 3.8) is 0 Å². The molecule has 0 saturated carbocycles. The lowest BCUT2D eigenvalue weighted by molar-refractivity contribution is 0.0966. The summed E-state index contributed by atoms with van der Waals surface area (Å²) in [5, 5.41) is 4.00. The van der Waals surface area contributed by atoms with E-state index in [0.29, 0.717) is 16.9 Å². The molecular weight excluding hydrogens is 370 g/mol. The number of aromatic nitrogens is 3. The average molecular weight is 386 g/mol. The van der Waals surface area contributed by atoms with Crippen molar-refractivity contribution in [2.45, 2.75) is 20.1 Å². The van der Waals surface area contributed by atoms with Crippen LogP contribution in [-0.4, -0.2) is 20.5 Å². The largest absolute Gasteiger partial charge is 0.489 e. The molecule has 5 nitrogen and oxygen atoms in total. The third kappa shape index (κ3) is 3.89. The Morgan fingerprint density at radius 2 is 2.00 bits per heavy atom. The van der Waals surface area contributed by atoms with Gasteiger partial charge < -0.3 is 4.74 Å². The molecule has 0 saturated heterocycles. The lowest BCUT2D eigenvalue weighted by Gasteiger charge is -2.10. The van der Waals surface area contributed by atoms with Crippen LogP contribution in [0.1, 0.15) is 21.5 Å². The van der Waals surface area contributed by atoms with Gasteiger partial charge in [-0.05, 0) is 52.2 Å². The molecule has 0 aliphatic carbocycles. The Morgan fingerprint density at radius 3 is 2.67 bits per heavy atom. The Bertz CT molecular complexity index is 846. The second kappa shape index (κ2) is 7.40. The predicted octanol–water partition coefficient (Wildman–Crippen LogP) is 3.81. The van der Waals surface area contributed by atoms with Crippen molar-refractivity contribution >= 4 is 21.7 Å². The van der Waals surface area contributed by atoms with Gasteiger partial charge in [-0.25, -0.2) is 9.67 Å². The predicted molar refractivity (Wildman–Crippen MR) is 94.0 cm³/mol. The Labute approximate surface area is 148 Å². The molecule has 3 aromatic rings. The Balaban J connectivity index is 1.68. The van der Waals surface area contributed by atoms with Crippen LogP contribution in [0.2, 0.25) is 0 Å². The van der Waals surface area contributed by atoms with E-state index in [4.69, 9.17) is 4.74 Å². The molecule has 1 heterocycles. The molecule has 0 radical (unpaired) electrons. The van der Waals surface area contributed by atoms with E-state index in [1.807, 2.05) is 49.4 Å². The summed E-state index contributed by atoms with van der Waals surface area (Å²) in [4.78, 5) is 16.4. The van der Waals surface area contributed by atoms with Gasteiger partial charge in [0.2, 0.25) is 0 Å². The fourth-order valence-electron chi connectivity index (χ4n) is 2.36. The van der Waals surface area contributed by atoms with Gasteiger partial charge in [-0.1, -0.05) is 30.3 Å². The Hall–Kier alpha value is -2.47. The van der Waals surface area contributed by atoms with Crippen molar-refractivity contribution in [3.05, 3.63) is 76.3 Å². The van der Waals surface area contributed by atoms with Crippen LogP contribution in [0, 0.1) is 6.92 Å². The van der Waals surface area contributed by atoms with E-state index in [1.54, 1.807) is 6.07 Å². The molecule has 0 N–H and O–H groups in total. The summed E-state index contributed by atoms with van der Waals surface area (Å²) in [6.07, 6.45) is 1.41. The number of rotatable bonds is 6. The summed E-state index contributed by atoms with van der Waals surface area (Å²) in [7, 11) is 0. The highest BCUT2D eigenvalue weighted by molar-refractivity contribution is 9.10. The molecule has 0 spiro atoms. The zero-order valence-electron chi connectivity index (χ0n) is 13.1. The molecule has 3 rings (SSSR count). The average Bonchev–Trinajstić information content (AvgIpc) is 2.99. The van der Waals surface area contributed by atoms with Gasteiger partial charge in [0.15, 0.2) is 10.5 Å². The molecule has 0 atom stereocenters. The molecule has 0 unspecified atom stereocenters. The van der Waals surface area contributed by atoms with E-state index in [-0.39, 0.29) is 12.3 Å². The van der Waals surface area contributed by atoms with Gasteiger partial charge in [0, 0.05) is 5.56 Å². The molecule has 0 bridgehead atoms.